The van der Waals surface area contributed by atoms with E-state index in [9.17, 15) is 26.7 Å². The van der Waals surface area contributed by atoms with Gasteiger partial charge in [0, 0.05) is 11.5 Å². The minimum absolute atomic E-state index is 0.00216. The highest BCUT2D eigenvalue weighted by Gasteiger charge is 2.26. The summed E-state index contributed by atoms with van der Waals surface area (Å²) in [7, 11) is 0. The summed E-state index contributed by atoms with van der Waals surface area (Å²) < 4.78 is 79.0. The molecule has 5 rings (SSSR count). The zero-order valence-corrected chi connectivity index (χ0v) is 17.1. The van der Waals surface area contributed by atoms with E-state index in [1.165, 1.54) is 29.5 Å². The number of fused-ring (bicyclic) bond motifs is 2. The SMILES string of the molecule is O=c1oc2cc(OCc3c(F)c(F)c(F)c(F)c3F)ccc2cc1-c1nc2ccccc2s1. The minimum atomic E-state index is -2.25. The molecular formula is C23H10F5NO3S. The number of hydrogen-bond donors (Lipinski definition) is 0. The van der Waals surface area contributed by atoms with Crippen LogP contribution in [0.3, 0.4) is 0 Å². The smallest absolute Gasteiger partial charge is 0.346 e. The number of nitrogens with zero attached hydrogens (tertiary/aromatic N) is 1. The maximum atomic E-state index is 13.8. The monoisotopic (exact) mass is 475 g/mol. The number of thiazole rings is 1. The molecule has 0 bridgehead atoms. The molecular weight excluding hydrogens is 465 g/mol. The molecule has 0 aliphatic carbocycles. The Balaban J connectivity index is 1.46. The van der Waals surface area contributed by atoms with Gasteiger partial charge in [-0.15, -0.1) is 11.3 Å². The van der Waals surface area contributed by atoms with Crippen molar-refractivity contribution in [2.45, 2.75) is 6.61 Å². The standard InChI is InChI=1S/C23H10F5NO3S/c24-17-13(18(25)20(27)21(28)19(17)26)9-31-11-6-5-10-7-12(23(30)32-15(10)8-11)22-29-14-3-1-2-4-16(14)33-22/h1-8H,9H2. The normalized spacial score (nSPS) is 11.4. The quantitative estimate of drug-likeness (QED) is 0.132. The molecule has 2 heterocycles. The maximum absolute atomic E-state index is 13.8. The molecule has 0 atom stereocenters. The zero-order chi connectivity index (χ0) is 23.3. The Hall–Kier alpha value is -3.79. The van der Waals surface area contributed by atoms with Crippen molar-refractivity contribution >= 4 is 32.5 Å². The van der Waals surface area contributed by atoms with E-state index in [4.69, 9.17) is 9.15 Å². The maximum Gasteiger partial charge on any atom is 0.346 e. The third-order valence-corrected chi connectivity index (χ3v) is 5.99. The van der Waals surface area contributed by atoms with Crippen LogP contribution >= 0.6 is 11.3 Å². The summed E-state index contributed by atoms with van der Waals surface area (Å²) in [6.07, 6.45) is 0. The first-order valence-electron chi connectivity index (χ1n) is 9.40. The molecule has 4 nitrogen and oxygen atoms in total. The zero-order valence-electron chi connectivity index (χ0n) is 16.3. The third kappa shape index (κ3) is 3.62. The second-order valence-corrected chi connectivity index (χ2v) is 8.00. The fourth-order valence-electron chi connectivity index (χ4n) is 3.25. The number of rotatable bonds is 4. The van der Waals surface area contributed by atoms with Crippen LogP contribution in [0.1, 0.15) is 5.56 Å². The Labute approximate surface area is 185 Å². The number of benzene rings is 3. The molecule has 0 amide bonds. The molecule has 5 aromatic rings. The highest BCUT2D eigenvalue weighted by Crippen LogP contribution is 2.31. The first-order chi connectivity index (χ1) is 15.8. The molecule has 0 saturated carbocycles. The summed E-state index contributed by atoms with van der Waals surface area (Å²) in [6.45, 7) is -0.925. The van der Waals surface area contributed by atoms with E-state index >= 15 is 0 Å². The number of ether oxygens (including phenoxy) is 1. The van der Waals surface area contributed by atoms with Gasteiger partial charge in [-0.25, -0.2) is 31.7 Å². The van der Waals surface area contributed by atoms with Crippen LogP contribution in [0, 0.1) is 29.1 Å². The second kappa shape index (κ2) is 7.96. The van der Waals surface area contributed by atoms with Crippen molar-refractivity contribution < 1.29 is 31.1 Å². The van der Waals surface area contributed by atoms with Crippen molar-refractivity contribution in [2.24, 2.45) is 0 Å². The lowest BCUT2D eigenvalue weighted by atomic mass is 10.1. The largest absolute Gasteiger partial charge is 0.489 e. The topological polar surface area (TPSA) is 52.3 Å². The van der Waals surface area contributed by atoms with Crippen LogP contribution in [0.5, 0.6) is 5.75 Å². The van der Waals surface area contributed by atoms with Crippen molar-refractivity contribution in [2.75, 3.05) is 0 Å². The number of hydrogen-bond acceptors (Lipinski definition) is 5. The van der Waals surface area contributed by atoms with Crippen molar-refractivity contribution in [3.8, 4) is 16.3 Å². The van der Waals surface area contributed by atoms with Crippen molar-refractivity contribution in [3.63, 3.8) is 0 Å². The molecule has 10 heteroatoms. The third-order valence-electron chi connectivity index (χ3n) is 4.92. The Bertz CT molecular complexity index is 1550. The molecule has 0 saturated heterocycles. The summed E-state index contributed by atoms with van der Waals surface area (Å²) in [6, 6.07) is 13.2. The van der Waals surface area contributed by atoms with Gasteiger partial charge in [0.25, 0.3) is 0 Å². The highest BCUT2D eigenvalue weighted by atomic mass is 32.1. The van der Waals surface area contributed by atoms with Crippen LogP contribution in [-0.4, -0.2) is 4.98 Å². The van der Waals surface area contributed by atoms with E-state index in [0.29, 0.717) is 10.4 Å². The van der Waals surface area contributed by atoms with Gasteiger partial charge in [0.1, 0.15) is 22.9 Å². The van der Waals surface area contributed by atoms with Crippen molar-refractivity contribution in [1.29, 1.82) is 0 Å². The van der Waals surface area contributed by atoms with Crippen molar-refractivity contribution in [3.05, 3.63) is 93.6 Å². The van der Waals surface area contributed by atoms with E-state index in [2.05, 4.69) is 4.98 Å². The molecule has 0 aliphatic rings. The van der Waals surface area contributed by atoms with E-state index in [-0.39, 0.29) is 16.9 Å². The summed E-state index contributed by atoms with van der Waals surface area (Å²) in [5.74, 6) is -10.3. The van der Waals surface area contributed by atoms with Crippen LogP contribution in [0.2, 0.25) is 0 Å². The summed E-state index contributed by atoms with van der Waals surface area (Å²) in [5, 5.41) is 1.01. The van der Waals surface area contributed by atoms with Crippen LogP contribution < -0.4 is 10.4 Å². The molecule has 3 aromatic carbocycles. The van der Waals surface area contributed by atoms with Gasteiger partial charge in [-0.05, 0) is 30.3 Å². The fourth-order valence-corrected chi connectivity index (χ4v) is 4.22. The summed E-state index contributed by atoms with van der Waals surface area (Å²) in [5.41, 5.74) is -0.648. The molecule has 0 spiro atoms. The lowest BCUT2D eigenvalue weighted by molar-refractivity contribution is 0.279. The average molecular weight is 475 g/mol. The van der Waals surface area contributed by atoms with E-state index in [1.54, 1.807) is 6.07 Å². The van der Waals surface area contributed by atoms with Gasteiger partial charge in [-0.2, -0.15) is 0 Å². The Morgan fingerprint density at radius 3 is 2.30 bits per heavy atom. The molecule has 166 valence electrons. The molecule has 0 N–H and O–H groups in total. The highest BCUT2D eigenvalue weighted by molar-refractivity contribution is 7.21. The Morgan fingerprint density at radius 2 is 1.58 bits per heavy atom. The summed E-state index contributed by atoms with van der Waals surface area (Å²) >= 11 is 1.33. The molecule has 0 fully saturated rings. The molecule has 0 aliphatic heterocycles. The Kier molecular flexibility index (Phi) is 5.09. The second-order valence-electron chi connectivity index (χ2n) is 6.97. The fraction of sp³-hybridized carbons (Fsp3) is 0.0435. The molecule has 0 unspecified atom stereocenters. The molecule has 2 aromatic heterocycles. The van der Waals surface area contributed by atoms with Gasteiger partial charge in [0.05, 0.1) is 21.3 Å². The number of para-hydroxylation sites is 1. The Morgan fingerprint density at radius 1 is 0.879 bits per heavy atom. The predicted molar refractivity (Wildman–Crippen MR) is 112 cm³/mol. The van der Waals surface area contributed by atoms with E-state index in [0.717, 1.165) is 10.2 Å². The van der Waals surface area contributed by atoms with Gasteiger partial charge >= 0.3 is 5.63 Å². The molecule has 33 heavy (non-hydrogen) atoms. The number of aromatic nitrogens is 1. The average Bonchev–Trinajstić information content (AvgIpc) is 3.25. The van der Waals surface area contributed by atoms with Crippen LogP contribution in [-0.2, 0) is 6.61 Å². The minimum Gasteiger partial charge on any atom is -0.489 e. The number of halogens is 5. The van der Waals surface area contributed by atoms with Crippen LogP contribution in [0.4, 0.5) is 22.0 Å². The summed E-state index contributed by atoms with van der Waals surface area (Å²) in [4.78, 5) is 17.0. The van der Waals surface area contributed by atoms with Gasteiger partial charge in [-0.1, -0.05) is 12.1 Å². The van der Waals surface area contributed by atoms with Gasteiger partial charge < -0.3 is 9.15 Å². The first kappa shape index (κ1) is 21.1. The van der Waals surface area contributed by atoms with Crippen LogP contribution in [0.25, 0.3) is 31.8 Å². The van der Waals surface area contributed by atoms with E-state index in [1.807, 2.05) is 24.3 Å². The van der Waals surface area contributed by atoms with Gasteiger partial charge in [0.15, 0.2) is 23.3 Å². The first-order valence-corrected chi connectivity index (χ1v) is 10.2. The van der Waals surface area contributed by atoms with Gasteiger partial charge in [0.2, 0.25) is 5.82 Å². The van der Waals surface area contributed by atoms with Crippen molar-refractivity contribution in [1.82, 2.24) is 4.98 Å². The lowest BCUT2D eigenvalue weighted by Gasteiger charge is -2.10. The van der Waals surface area contributed by atoms with E-state index < -0.39 is 46.9 Å². The lowest BCUT2D eigenvalue weighted by Crippen LogP contribution is -2.10. The van der Waals surface area contributed by atoms with Gasteiger partial charge in [-0.3, -0.25) is 0 Å². The van der Waals surface area contributed by atoms with Crippen LogP contribution in [0.15, 0.2) is 57.7 Å². The predicted octanol–water partition coefficient (Wildman–Crippen LogP) is 6.34. The molecule has 0 radical (unpaired) electrons.